The van der Waals surface area contributed by atoms with Crippen LogP contribution in [0.5, 0.6) is 0 Å². The number of hydrogen-bond donors (Lipinski definition) is 0. The second-order valence-electron chi connectivity index (χ2n) is 30.1. The molecule has 0 spiro atoms. The smallest absolute Gasteiger partial charge is 0.145 e. The molecule has 0 unspecified atom stereocenters. The lowest BCUT2D eigenvalue weighted by atomic mass is 9.86. The Morgan fingerprint density at radius 1 is 0.298 bits per heavy atom. The van der Waals surface area contributed by atoms with Crippen LogP contribution in [0.4, 0.5) is 34.1 Å². The summed E-state index contributed by atoms with van der Waals surface area (Å²) < 4.78 is 18.6. The summed E-state index contributed by atoms with van der Waals surface area (Å²) in [6.45, 7) is 22.5. The number of aromatic nitrogens is 4. The van der Waals surface area contributed by atoms with Crippen molar-refractivity contribution >= 4 is 111 Å². The van der Waals surface area contributed by atoms with Crippen LogP contribution >= 0.6 is 0 Å². The maximum Gasteiger partial charge on any atom is 0.145 e. The fraction of sp³-hybridized carbons (Fsp3) is 0.125. The first-order valence-electron chi connectivity index (χ1n) is 36.0. The van der Waals surface area contributed by atoms with Crippen molar-refractivity contribution in [1.82, 2.24) is 19.1 Å². The molecule has 8 heteroatoms. The molecule has 14 aromatic carbocycles. The zero-order valence-corrected chi connectivity index (χ0v) is 60.2. The molecule has 0 N–H and O–H groups in total. The van der Waals surface area contributed by atoms with Crippen molar-refractivity contribution in [3.8, 4) is 56.4 Å². The van der Waals surface area contributed by atoms with Crippen LogP contribution < -0.4 is 9.80 Å². The minimum Gasteiger partial charge on any atom is -0.456 e. The third kappa shape index (κ3) is 10.9. The van der Waals surface area contributed by atoms with Gasteiger partial charge in [-0.3, -0.25) is 9.13 Å². The van der Waals surface area contributed by atoms with Crippen molar-refractivity contribution in [2.45, 2.75) is 80.1 Å². The molecule has 0 saturated carbocycles. The van der Waals surface area contributed by atoms with Crippen LogP contribution in [0.25, 0.3) is 133 Å². The Morgan fingerprint density at radius 3 is 1.03 bits per heavy atom. The first-order chi connectivity index (χ1) is 50.4. The summed E-state index contributed by atoms with van der Waals surface area (Å²) in [5, 5.41) is 6.41. The molecule has 0 amide bonds. The van der Waals surface area contributed by atoms with E-state index >= 15 is 0 Å². The van der Waals surface area contributed by atoms with Crippen LogP contribution in [0.3, 0.4) is 0 Å². The second-order valence-corrected chi connectivity index (χ2v) is 30.1. The van der Waals surface area contributed by atoms with Gasteiger partial charge in [0, 0.05) is 90.3 Å². The summed E-state index contributed by atoms with van der Waals surface area (Å²) in [4.78, 5) is 15.2. The molecule has 0 aliphatic carbocycles. The highest BCUT2D eigenvalue weighted by molar-refractivity contribution is 6.27. The second kappa shape index (κ2) is 24.6. The molecule has 4 heterocycles. The minimum absolute atomic E-state index is 0.0583. The van der Waals surface area contributed by atoms with Crippen molar-refractivity contribution in [1.29, 1.82) is 0 Å². The van der Waals surface area contributed by atoms with E-state index in [1.807, 2.05) is 0 Å². The highest BCUT2D eigenvalue weighted by Crippen LogP contribution is 2.48. The predicted octanol–water partition coefficient (Wildman–Crippen LogP) is 26.8. The van der Waals surface area contributed by atoms with Gasteiger partial charge in [-0.1, -0.05) is 151 Å². The minimum atomic E-state index is 0.0583. The van der Waals surface area contributed by atoms with Gasteiger partial charge in [-0.15, -0.1) is 0 Å². The van der Waals surface area contributed by atoms with Gasteiger partial charge in [-0.2, -0.15) is 0 Å². The summed E-state index contributed by atoms with van der Waals surface area (Å²) in [5.41, 5.74) is 29.8. The molecule has 0 aliphatic heterocycles. The van der Waals surface area contributed by atoms with Crippen molar-refractivity contribution in [3.63, 3.8) is 0 Å². The molecule has 8 nitrogen and oxygen atoms in total. The quantitative estimate of drug-likeness (QED) is 0.121. The van der Waals surface area contributed by atoms with Crippen molar-refractivity contribution in [3.05, 3.63) is 325 Å². The fourth-order valence-electron chi connectivity index (χ4n) is 15.7. The van der Waals surface area contributed by atoms with E-state index in [0.29, 0.717) is 0 Å². The van der Waals surface area contributed by atoms with E-state index in [2.05, 4.69) is 379 Å². The van der Waals surface area contributed by atoms with Crippen LogP contribution in [0.2, 0.25) is 0 Å². The van der Waals surface area contributed by atoms with Crippen LogP contribution in [-0.2, 0) is 10.8 Å². The number of hydrogen-bond acceptors (Lipinski definition) is 6. The molecule has 104 heavy (non-hydrogen) atoms. The lowest BCUT2D eigenvalue weighted by Gasteiger charge is -2.28. The number of para-hydroxylation sites is 6. The molecular formula is C96H78N6O2. The lowest BCUT2D eigenvalue weighted by Crippen LogP contribution is -2.12. The van der Waals surface area contributed by atoms with Crippen molar-refractivity contribution < 1.29 is 8.83 Å². The average Bonchev–Trinajstić information content (AvgIpc) is 1.54. The normalized spacial score (nSPS) is 12.1. The van der Waals surface area contributed by atoms with Gasteiger partial charge in [0.2, 0.25) is 0 Å². The maximum atomic E-state index is 7.02. The van der Waals surface area contributed by atoms with Crippen LogP contribution in [0, 0.1) is 27.7 Å². The zero-order chi connectivity index (χ0) is 70.9. The topological polar surface area (TPSA) is 68.4 Å². The third-order valence-corrected chi connectivity index (χ3v) is 21.2. The largest absolute Gasteiger partial charge is 0.456 e. The van der Waals surface area contributed by atoms with Crippen molar-refractivity contribution in [2.75, 3.05) is 9.80 Å². The maximum absolute atomic E-state index is 7.02. The zero-order valence-electron chi connectivity index (χ0n) is 60.2. The monoisotopic (exact) mass is 1350 g/mol. The van der Waals surface area contributed by atoms with Gasteiger partial charge in [0.05, 0.1) is 22.1 Å². The Bertz CT molecular complexity index is 5990. The van der Waals surface area contributed by atoms with Gasteiger partial charge in [0.1, 0.15) is 34.0 Å². The van der Waals surface area contributed by atoms with Gasteiger partial charge in [0.15, 0.2) is 0 Å². The standard InChI is InChI=1S/C96H78N6O2/c1-59-55-85(61(3)53-79(59)63-29-37-67(38-30-63)95(5,6)7)99(71-41-33-65(34-42-71)93-97-81-25-17-19-27-83(81)101(93)69-21-13-11-14-22-69)73-45-47-77-89(57-73)103-87-51-49-76-75(91(77)87)50-52-88-92(76)78-48-46-74(58-90(78)104-88)100(86-56-60(2)80(54-62(86)4)64-31-39-68(40-32-64)96(8,9)10)72-43-35-66(36-44-72)94-98-82-26-18-20-28-84(82)102(94)70-23-15-12-16-24-70/h11-58H,1-10H3. The van der Waals surface area contributed by atoms with Crippen LogP contribution in [0.1, 0.15) is 74.9 Å². The summed E-state index contributed by atoms with van der Waals surface area (Å²) in [5.74, 6) is 1.77. The molecule has 0 atom stereocenters. The Kier molecular flexibility index (Phi) is 15.1. The first kappa shape index (κ1) is 63.6. The molecule has 18 rings (SSSR count). The van der Waals surface area contributed by atoms with E-state index in [9.17, 15) is 0 Å². The number of benzene rings is 14. The summed E-state index contributed by atoms with van der Waals surface area (Å²) in [7, 11) is 0. The number of rotatable bonds is 12. The first-order valence-corrected chi connectivity index (χ1v) is 36.0. The number of aryl methyl sites for hydroxylation is 4. The van der Waals surface area contributed by atoms with E-state index in [1.165, 1.54) is 44.5 Å². The Labute approximate surface area is 606 Å². The number of nitrogens with zero attached hydrogens (tertiary/aromatic N) is 6. The van der Waals surface area contributed by atoms with Gasteiger partial charge in [-0.05, 0) is 275 Å². The molecule has 0 radical (unpaired) electrons. The van der Waals surface area contributed by atoms with E-state index in [0.717, 1.165) is 156 Å². The number of anilines is 6. The Balaban J connectivity index is 0.742. The van der Waals surface area contributed by atoms with E-state index in [4.69, 9.17) is 18.8 Å². The highest BCUT2D eigenvalue weighted by Gasteiger charge is 2.26. The van der Waals surface area contributed by atoms with E-state index in [1.54, 1.807) is 0 Å². The molecule has 0 bridgehead atoms. The molecule has 504 valence electrons. The summed E-state index contributed by atoms with van der Waals surface area (Å²) >= 11 is 0. The molecule has 18 aromatic rings. The number of imidazole rings is 2. The Hall–Kier alpha value is -12.5. The molecule has 0 aliphatic rings. The number of fused-ring (bicyclic) bond motifs is 11. The fourth-order valence-corrected chi connectivity index (χ4v) is 15.7. The van der Waals surface area contributed by atoms with Crippen molar-refractivity contribution in [2.24, 2.45) is 0 Å². The van der Waals surface area contributed by atoms with Crippen LogP contribution in [-0.4, -0.2) is 19.1 Å². The van der Waals surface area contributed by atoms with Gasteiger partial charge in [-0.25, -0.2) is 9.97 Å². The summed E-state index contributed by atoms with van der Waals surface area (Å²) in [6, 6.07) is 105. The van der Waals surface area contributed by atoms with E-state index < -0.39 is 0 Å². The molecule has 0 saturated heterocycles. The third-order valence-electron chi connectivity index (χ3n) is 21.2. The lowest BCUT2D eigenvalue weighted by molar-refractivity contribution is 0.590. The van der Waals surface area contributed by atoms with E-state index in [-0.39, 0.29) is 10.8 Å². The molecule has 0 fully saturated rings. The number of furan rings is 2. The predicted molar refractivity (Wildman–Crippen MR) is 435 cm³/mol. The SMILES string of the molecule is Cc1cc(N(c2ccc(-c3nc4ccccc4n3-c3ccccc3)cc2)c2ccc3c(c2)oc2ccc4c(ccc5oc6cc(N(c7ccc(-c8nc9ccccc9n8-c8ccccc8)cc7)c7cc(C)c(-c8ccc(C(C)(C)C)cc8)cc7C)ccc6c54)c23)c(C)cc1-c1ccc(C(C)(C)C)cc1. The Morgan fingerprint density at radius 2 is 0.644 bits per heavy atom. The average molecular weight is 1350 g/mol. The van der Waals surface area contributed by atoms with Gasteiger partial charge in [0.25, 0.3) is 0 Å². The molecular weight excluding hydrogens is 1270 g/mol. The van der Waals surface area contributed by atoms with Gasteiger partial charge >= 0.3 is 0 Å². The van der Waals surface area contributed by atoms with Crippen LogP contribution in [0.15, 0.2) is 300 Å². The summed E-state index contributed by atoms with van der Waals surface area (Å²) in [6.07, 6.45) is 0. The highest BCUT2D eigenvalue weighted by atomic mass is 16.3. The molecule has 4 aromatic heterocycles. The van der Waals surface area contributed by atoms with Gasteiger partial charge < -0.3 is 18.6 Å².